The maximum atomic E-state index is 12.2. The van der Waals surface area contributed by atoms with Crippen molar-refractivity contribution >= 4 is 11.6 Å². The molecule has 21 heavy (non-hydrogen) atoms. The fourth-order valence-corrected chi connectivity index (χ4v) is 2.59. The first-order valence-corrected chi connectivity index (χ1v) is 7.51. The van der Waals surface area contributed by atoms with Crippen LogP contribution >= 0.6 is 0 Å². The topological polar surface area (TPSA) is 64.3 Å². The number of rotatable bonds is 4. The van der Waals surface area contributed by atoms with E-state index in [2.05, 4.69) is 26.1 Å². The van der Waals surface area contributed by atoms with E-state index in [9.17, 15) is 4.79 Å². The number of anilines is 1. The van der Waals surface area contributed by atoms with Gasteiger partial charge < -0.3 is 15.8 Å². The lowest BCUT2D eigenvalue weighted by atomic mass is 9.75. The van der Waals surface area contributed by atoms with Gasteiger partial charge in [0, 0.05) is 12.0 Å². The van der Waals surface area contributed by atoms with E-state index in [0.717, 1.165) is 30.5 Å². The number of carbonyl (C=O) groups excluding carboxylic acids is 1. The Hall–Kier alpha value is -1.55. The lowest BCUT2D eigenvalue weighted by molar-refractivity contribution is -0.118. The normalized spacial score (nSPS) is 17.0. The molecule has 0 spiro atoms. The fraction of sp³-hybridized carbons (Fsp3) is 0.588. The van der Waals surface area contributed by atoms with E-state index in [4.69, 9.17) is 10.5 Å². The van der Waals surface area contributed by atoms with E-state index in [-0.39, 0.29) is 16.9 Å². The summed E-state index contributed by atoms with van der Waals surface area (Å²) in [4.78, 5) is 12.2. The van der Waals surface area contributed by atoms with E-state index in [1.165, 1.54) is 0 Å². The monoisotopic (exact) mass is 290 g/mol. The molecule has 1 aromatic carbocycles. The third kappa shape index (κ3) is 3.76. The van der Waals surface area contributed by atoms with Crippen LogP contribution < -0.4 is 15.8 Å². The highest BCUT2D eigenvalue weighted by Gasteiger charge is 2.34. The Bertz CT molecular complexity index is 528. The molecule has 0 aromatic heterocycles. The standard InChI is InChI=1S/C17H26N2O2/c1-16(2,3)12-6-7-14(21-4)13(10-12)19-15(20)11-17(18)8-5-9-17/h6-7,10H,5,8-9,11,18H2,1-4H3,(H,19,20). The van der Waals surface area contributed by atoms with Crippen molar-refractivity contribution in [1.82, 2.24) is 0 Å². The molecule has 0 saturated heterocycles. The Morgan fingerprint density at radius 1 is 1.38 bits per heavy atom. The molecule has 3 N–H and O–H groups in total. The van der Waals surface area contributed by atoms with Gasteiger partial charge >= 0.3 is 0 Å². The van der Waals surface area contributed by atoms with Gasteiger partial charge in [-0.25, -0.2) is 0 Å². The summed E-state index contributed by atoms with van der Waals surface area (Å²) in [7, 11) is 1.61. The minimum Gasteiger partial charge on any atom is -0.495 e. The Labute approximate surface area is 127 Å². The van der Waals surface area contributed by atoms with Crippen LogP contribution in [0.5, 0.6) is 5.75 Å². The second kappa shape index (κ2) is 5.68. The molecule has 0 heterocycles. The van der Waals surface area contributed by atoms with E-state index in [0.29, 0.717) is 12.2 Å². The average Bonchev–Trinajstić information content (AvgIpc) is 2.35. The summed E-state index contributed by atoms with van der Waals surface area (Å²) >= 11 is 0. The number of nitrogens with one attached hydrogen (secondary N) is 1. The smallest absolute Gasteiger partial charge is 0.226 e. The molecule has 2 rings (SSSR count). The highest BCUT2D eigenvalue weighted by Crippen LogP contribution is 2.34. The predicted octanol–water partition coefficient (Wildman–Crippen LogP) is 3.20. The Kier molecular flexibility index (Phi) is 4.28. The fourth-order valence-electron chi connectivity index (χ4n) is 2.59. The van der Waals surface area contributed by atoms with Crippen LogP contribution in [-0.4, -0.2) is 18.6 Å². The van der Waals surface area contributed by atoms with Crippen molar-refractivity contribution in [3.63, 3.8) is 0 Å². The summed E-state index contributed by atoms with van der Waals surface area (Å²) in [5.74, 6) is 0.637. The van der Waals surface area contributed by atoms with Gasteiger partial charge in [0.1, 0.15) is 5.75 Å². The van der Waals surface area contributed by atoms with Gasteiger partial charge in [0.15, 0.2) is 0 Å². The van der Waals surface area contributed by atoms with Gasteiger partial charge in [-0.2, -0.15) is 0 Å². The average molecular weight is 290 g/mol. The molecule has 1 aromatic rings. The number of carbonyl (C=O) groups is 1. The molecular weight excluding hydrogens is 264 g/mol. The van der Waals surface area contributed by atoms with Crippen LogP contribution in [0.25, 0.3) is 0 Å². The van der Waals surface area contributed by atoms with Crippen LogP contribution in [0.15, 0.2) is 18.2 Å². The Morgan fingerprint density at radius 3 is 2.52 bits per heavy atom. The quantitative estimate of drug-likeness (QED) is 0.895. The number of methoxy groups -OCH3 is 1. The third-order valence-corrected chi connectivity index (χ3v) is 4.20. The minimum absolute atomic E-state index is 0.0226. The van der Waals surface area contributed by atoms with Gasteiger partial charge in [-0.3, -0.25) is 4.79 Å². The zero-order valence-corrected chi connectivity index (χ0v) is 13.5. The number of hydrogen-bond acceptors (Lipinski definition) is 3. The van der Waals surface area contributed by atoms with Crippen molar-refractivity contribution in [3.8, 4) is 5.75 Å². The molecule has 1 aliphatic rings. The lowest BCUT2D eigenvalue weighted by Crippen LogP contribution is -2.48. The van der Waals surface area contributed by atoms with Crippen molar-refractivity contribution < 1.29 is 9.53 Å². The van der Waals surface area contributed by atoms with Crippen LogP contribution in [0.2, 0.25) is 0 Å². The molecule has 0 unspecified atom stereocenters. The number of benzene rings is 1. The zero-order valence-electron chi connectivity index (χ0n) is 13.5. The molecule has 0 atom stereocenters. The summed E-state index contributed by atoms with van der Waals surface area (Å²) in [5, 5.41) is 2.95. The molecule has 4 heteroatoms. The molecule has 0 radical (unpaired) electrons. The van der Waals surface area contributed by atoms with Crippen LogP contribution in [0, 0.1) is 0 Å². The molecule has 1 amide bonds. The minimum atomic E-state index is -0.307. The van der Waals surface area contributed by atoms with Gasteiger partial charge in [-0.05, 0) is 42.4 Å². The second-order valence-corrected chi connectivity index (χ2v) is 7.11. The van der Waals surface area contributed by atoms with Crippen LogP contribution in [0.4, 0.5) is 5.69 Å². The zero-order chi connectivity index (χ0) is 15.7. The van der Waals surface area contributed by atoms with Gasteiger partial charge in [0.05, 0.1) is 12.8 Å². The van der Waals surface area contributed by atoms with Crippen molar-refractivity contribution in [2.24, 2.45) is 5.73 Å². The van der Waals surface area contributed by atoms with E-state index in [1.807, 2.05) is 18.2 Å². The summed E-state index contributed by atoms with van der Waals surface area (Å²) in [6, 6.07) is 5.92. The number of ether oxygens (including phenoxy) is 1. The highest BCUT2D eigenvalue weighted by molar-refractivity contribution is 5.93. The molecule has 0 bridgehead atoms. The van der Waals surface area contributed by atoms with E-state index in [1.54, 1.807) is 7.11 Å². The molecule has 4 nitrogen and oxygen atoms in total. The summed E-state index contributed by atoms with van der Waals surface area (Å²) in [5.41, 5.74) is 7.73. The van der Waals surface area contributed by atoms with Gasteiger partial charge in [0.25, 0.3) is 0 Å². The molecule has 1 fully saturated rings. The summed E-state index contributed by atoms with van der Waals surface area (Å²) < 4.78 is 5.34. The second-order valence-electron chi connectivity index (χ2n) is 7.11. The molecule has 116 valence electrons. The third-order valence-electron chi connectivity index (χ3n) is 4.20. The molecule has 0 aliphatic heterocycles. The first-order chi connectivity index (χ1) is 9.73. The SMILES string of the molecule is COc1ccc(C(C)(C)C)cc1NC(=O)CC1(N)CCC1. The van der Waals surface area contributed by atoms with Gasteiger partial charge in [-0.15, -0.1) is 0 Å². The van der Waals surface area contributed by atoms with Crippen molar-refractivity contribution in [3.05, 3.63) is 23.8 Å². The summed E-state index contributed by atoms with van der Waals surface area (Å²) in [6.07, 6.45) is 3.35. The summed E-state index contributed by atoms with van der Waals surface area (Å²) in [6.45, 7) is 6.43. The largest absolute Gasteiger partial charge is 0.495 e. The van der Waals surface area contributed by atoms with Crippen molar-refractivity contribution in [1.29, 1.82) is 0 Å². The predicted molar refractivity (Wildman–Crippen MR) is 85.7 cm³/mol. The Balaban J connectivity index is 2.15. The van der Waals surface area contributed by atoms with Crippen molar-refractivity contribution in [2.45, 2.75) is 57.4 Å². The van der Waals surface area contributed by atoms with Gasteiger partial charge in [-0.1, -0.05) is 26.8 Å². The van der Waals surface area contributed by atoms with Crippen LogP contribution in [-0.2, 0) is 10.2 Å². The van der Waals surface area contributed by atoms with Crippen LogP contribution in [0.3, 0.4) is 0 Å². The molecule has 1 saturated carbocycles. The maximum absolute atomic E-state index is 12.2. The number of nitrogens with two attached hydrogens (primary N) is 1. The van der Waals surface area contributed by atoms with Gasteiger partial charge in [0.2, 0.25) is 5.91 Å². The first kappa shape index (κ1) is 15.8. The Morgan fingerprint density at radius 2 is 2.05 bits per heavy atom. The van der Waals surface area contributed by atoms with Crippen LogP contribution in [0.1, 0.15) is 52.0 Å². The number of amides is 1. The van der Waals surface area contributed by atoms with Crippen molar-refractivity contribution in [2.75, 3.05) is 12.4 Å². The molecule has 1 aliphatic carbocycles. The maximum Gasteiger partial charge on any atom is 0.226 e. The first-order valence-electron chi connectivity index (χ1n) is 7.51. The van der Waals surface area contributed by atoms with E-state index < -0.39 is 0 Å². The number of hydrogen-bond donors (Lipinski definition) is 2. The highest BCUT2D eigenvalue weighted by atomic mass is 16.5. The van der Waals surface area contributed by atoms with E-state index >= 15 is 0 Å². The molecular formula is C17H26N2O2. The lowest BCUT2D eigenvalue weighted by Gasteiger charge is -2.37.